The molecule has 0 aliphatic rings. The summed E-state index contributed by atoms with van der Waals surface area (Å²) in [7, 11) is 0. The van der Waals surface area contributed by atoms with Crippen molar-refractivity contribution in [3.05, 3.63) is 84.8 Å². The van der Waals surface area contributed by atoms with E-state index in [2.05, 4.69) is 20.2 Å². The second-order valence-electron chi connectivity index (χ2n) is 6.42. The quantitative estimate of drug-likeness (QED) is 0.476. The molecule has 2 aromatic carbocycles. The molecule has 136 valence electrons. The van der Waals surface area contributed by atoms with E-state index in [-0.39, 0.29) is 0 Å². The molecule has 0 radical (unpaired) electrons. The molecule has 0 bridgehead atoms. The normalized spacial score (nSPS) is 11.0. The average Bonchev–Trinajstić information content (AvgIpc) is 3.45. The van der Waals surface area contributed by atoms with Crippen LogP contribution in [0.2, 0.25) is 0 Å². The molecule has 6 nitrogen and oxygen atoms in total. The zero-order valence-corrected chi connectivity index (χ0v) is 15.0. The van der Waals surface area contributed by atoms with Crippen LogP contribution in [-0.4, -0.2) is 25.1 Å². The van der Waals surface area contributed by atoms with Crippen molar-refractivity contribution in [1.82, 2.24) is 25.1 Å². The van der Waals surface area contributed by atoms with Gasteiger partial charge in [-0.2, -0.15) is 5.10 Å². The topological polar surface area (TPSA) is 79.5 Å². The summed E-state index contributed by atoms with van der Waals surface area (Å²) < 4.78 is 5.86. The molecule has 0 unspecified atom stereocenters. The molecule has 0 amide bonds. The molecular formula is C22H17N5O. The number of benzene rings is 2. The van der Waals surface area contributed by atoms with Gasteiger partial charge >= 0.3 is 0 Å². The molecule has 5 aromatic rings. The number of rotatable bonds is 5. The second-order valence-corrected chi connectivity index (χ2v) is 6.42. The molecule has 0 aliphatic heterocycles. The van der Waals surface area contributed by atoms with Gasteiger partial charge in [0, 0.05) is 28.9 Å². The lowest BCUT2D eigenvalue weighted by Gasteiger charge is -2.08. The van der Waals surface area contributed by atoms with Crippen molar-refractivity contribution in [3.8, 4) is 28.4 Å². The van der Waals surface area contributed by atoms with Crippen LogP contribution in [0.25, 0.3) is 33.7 Å². The fourth-order valence-electron chi connectivity index (χ4n) is 3.11. The zero-order valence-electron chi connectivity index (χ0n) is 15.0. The van der Waals surface area contributed by atoms with E-state index in [0.717, 1.165) is 39.2 Å². The predicted molar refractivity (Wildman–Crippen MR) is 108 cm³/mol. The number of aromatic nitrogens is 5. The first-order valence-corrected chi connectivity index (χ1v) is 8.98. The highest BCUT2D eigenvalue weighted by Gasteiger charge is 2.13. The van der Waals surface area contributed by atoms with Crippen LogP contribution < -0.4 is 4.74 Å². The Bertz CT molecular complexity index is 1200. The summed E-state index contributed by atoms with van der Waals surface area (Å²) in [4.78, 5) is 12.6. The lowest BCUT2D eigenvalue weighted by atomic mass is 10.1. The van der Waals surface area contributed by atoms with Crippen molar-refractivity contribution in [2.45, 2.75) is 6.61 Å². The summed E-state index contributed by atoms with van der Waals surface area (Å²) in [5, 5.41) is 7.84. The Morgan fingerprint density at radius 2 is 1.71 bits per heavy atom. The van der Waals surface area contributed by atoms with E-state index in [4.69, 9.17) is 9.72 Å². The molecule has 0 saturated heterocycles. The van der Waals surface area contributed by atoms with E-state index in [9.17, 15) is 0 Å². The Balaban J connectivity index is 1.44. The van der Waals surface area contributed by atoms with Crippen LogP contribution in [0.3, 0.4) is 0 Å². The van der Waals surface area contributed by atoms with Crippen LogP contribution in [0.1, 0.15) is 5.56 Å². The third-order valence-corrected chi connectivity index (χ3v) is 4.55. The van der Waals surface area contributed by atoms with Gasteiger partial charge in [-0.25, -0.2) is 9.97 Å². The van der Waals surface area contributed by atoms with Gasteiger partial charge in [-0.05, 0) is 35.9 Å². The van der Waals surface area contributed by atoms with Crippen LogP contribution >= 0.6 is 0 Å². The van der Waals surface area contributed by atoms with Crippen molar-refractivity contribution in [1.29, 1.82) is 0 Å². The van der Waals surface area contributed by atoms with Crippen molar-refractivity contribution in [3.63, 3.8) is 0 Å². The van der Waals surface area contributed by atoms with Gasteiger partial charge in [0.15, 0.2) is 5.82 Å². The van der Waals surface area contributed by atoms with E-state index in [1.807, 2.05) is 73.1 Å². The van der Waals surface area contributed by atoms with Crippen LogP contribution in [0.15, 0.2) is 79.3 Å². The number of nitrogens with one attached hydrogen (secondary N) is 2. The molecule has 5 rings (SSSR count). The molecule has 0 spiro atoms. The lowest BCUT2D eigenvalue weighted by molar-refractivity contribution is 0.306. The fourth-order valence-corrected chi connectivity index (χ4v) is 3.11. The third kappa shape index (κ3) is 3.12. The van der Waals surface area contributed by atoms with E-state index in [0.29, 0.717) is 12.4 Å². The number of aromatic amines is 2. The number of fused-ring (bicyclic) bond motifs is 1. The van der Waals surface area contributed by atoms with Gasteiger partial charge in [0.05, 0.1) is 11.9 Å². The van der Waals surface area contributed by atoms with Gasteiger partial charge in [-0.1, -0.05) is 30.3 Å². The van der Waals surface area contributed by atoms with Crippen molar-refractivity contribution >= 4 is 11.0 Å². The molecule has 0 fully saturated rings. The van der Waals surface area contributed by atoms with Crippen molar-refractivity contribution in [2.75, 3.05) is 0 Å². The Kier molecular flexibility index (Phi) is 4.06. The van der Waals surface area contributed by atoms with Crippen LogP contribution in [0.4, 0.5) is 0 Å². The van der Waals surface area contributed by atoms with Gasteiger partial charge in [0.25, 0.3) is 0 Å². The SMILES string of the molecule is c1ccc(COc2ccc(-c3nc(-c4cn[nH]c4)c4cc[nH]c4n3)cc2)cc1. The van der Waals surface area contributed by atoms with Crippen molar-refractivity contribution in [2.24, 2.45) is 0 Å². The zero-order chi connectivity index (χ0) is 18.8. The van der Waals surface area contributed by atoms with Gasteiger partial charge in [0.1, 0.15) is 18.0 Å². The van der Waals surface area contributed by atoms with Gasteiger partial charge in [-0.15, -0.1) is 0 Å². The number of ether oxygens (including phenoxy) is 1. The standard InChI is InChI=1S/C22H17N5O/c1-2-4-15(5-3-1)14-28-18-8-6-16(7-9-18)21-26-20(17-12-24-25-13-17)19-10-11-23-22(19)27-21/h1-13H,14H2,(H,24,25)(H,23,26,27). The lowest BCUT2D eigenvalue weighted by Crippen LogP contribution is -1.96. The first kappa shape index (κ1) is 16.3. The van der Waals surface area contributed by atoms with Crippen molar-refractivity contribution < 1.29 is 4.74 Å². The second kappa shape index (κ2) is 7.00. The van der Waals surface area contributed by atoms with E-state index >= 15 is 0 Å². The van der Waals surface area contributed by atoms with Gasteiger partial charge < -0.3 is 9.72 Å². The third-order valence-electron chi connectivity index (χ3n) is 4.55. The maximum absolute atomic E-state index is 5.86. The molecule has 0 saturated carbocycles. The molecule has 6 heteroatoms. The highest BCUT2D eigenvalue weighted by atomic mass is 16.5. The summed E-state index contributed by atoms with van der Waals surface area (Å²) in [6.45, 7) is 0.537. The summed E-state index contributed by atoms with van der Waals surface area (Å²) in [6.07, 6.45) is 5.46. The van der Waals surface area contributed by atoms with E-state index in [1.165, 1.54) is 0 Å². The molecule has 0 atom stereocenters. The van der Waals surface area contributed by atoms with Gasteiger partial charge in [-0.3, -0.25) is 5.10 Å². The smallest absolute Gasteiger partial charge is 0.162 e. The highest BCUT2D eigenvalue weighted by Crippen LogP contribution is 2.28. The Hall–Kier alpha value is -3.93. The molecular weight excluding hydrogens is 350 g/mol. The van der Waals surface area contributed by atoms with Gasteiger partial charge in [0.2, 0.25) is 0 Å². The summed E-state index contributed by atoms with van der Waals surface area (Å²) in [5.41, 5.74) is 4.63. The maximum Gasteiger partial charge on any atom is 0.162 e. The summed E-state index contributed by atoms with van der Waals surface area (Å²) in [6, 6.07) is 19.9. The number of nitrogens with zero attached hydrogens (tertiary/aromatic N) is 3. The molecule has 3 aromatic heterocycles. The minimum absolute atomic E-state index is 0.537. The molecule has 2 N–H and O–H groups in total. The average molecular weight is 367 g/mol. The number of hydrogen-bond acceptors (Lipinski definition) is 4. The first-order chi connectivity index (χ1) is 13.9. The Labute approximate surface area is 161 Å². The maximum atomic E-state index is 5.86. The highest BCUT2D eigenvalue weighted by molar-refractivity contribution is 5.91. The molecule has 28 heavy (non-hydrogen) atoms. The van der Waals surface area contributed by atoms with Crippen LogP contribution in [0, 0.1) is 0 Å². The van der Waals surface area contributed by atoms with Crippen LogP contribution in [-0.2, 0) is 6.61 Å². The predicted octanol–water partition coefficient (Wildman–Crippen LogP) is 4.59. The minimum atomic E-state index is 0.537. The van der Waals surface area contributed by atoms with E-state index in [1.54, 1.807) is 6.20 Å². The Morgan fingerprint density at radius 1 is 0.857 bits per heavy atom. The first-order valence-electron chi connectivity index (χ1n) is 8.98. The Morgan fingerprint density at radius 3 is 2.50 bits per heavy atom. The summed E-state index contributed by atoms with van der Waals surface area (Å²) >= 11 is 0. The molecule has 3 heterocycles. The molecule has 0 aliphatic carbocycles. The monoisotopic (exact) mass is 367 g/mol. The fraction of sp³-hybridized carbons (Fsp3) is 0.0455. The summed E-state index contributed by atoms with van der Waals surface area (Å²) in [5.74, 6) is 1.46. The number of hydrogen-bond donors (Lipinski definition) is 2. The number of H-pyrrole nitrogens is 2. The largest absolute Gasteiger partial charge is 0.489 e. The van der Waals surface area contributed by atoms with Crippen LogP contribution in [0.5, 0.6) is 5.75 Å². The van der Waals surface area contributed by atoms with E-state index < -0.39 is 0 Å². The minimum Gasteiger partial charge on any atom is -0.489 e.